The van der Waals surface area contributed by atoms with Gasteiger partial charge in [-0.2, -0.15) is 0 Å². The number of fused-ring (bicyclic) bond motifs is 1. The lowest BCUT2D eigenvalue weighted by molar-refractivity contribution is 0.144. The summed E-state index contributed by atoms with van der Waals surface area (Å²) in [5.41, 5.74) is 3.06. The predicted molar refractivity (Wildman–Crippen MR) is 114 cm³/mol. The summed E-state index contributed by atoms with van der Waals surface area (Å²) in [4.78, 5) is 30.6. The number of H-pyrrole nitrogens is 1. The number of aromatic nitrogens is 4. The molecule has 4 rings (SSSR count). The molecule has 0 unspecified atom stereocenters. The van der Waals surface area contributed by atoms with Gasteiger partial charge in [0.25, 0.3) is 5.56 Å². The molecule has 0 saturated heterocycles. The van der Waals surface area contributed by atoms with E-state index in [4.69, 9.17) is 14.2 Å². The highest BCUT2D eigenvalue weighted by molar-refractivity contribution is 5.47. The van der Waals surface area contributed by atoms with Crippen LogP contribution in [-0.4, -0.2) is 58.8 Å². The van der Waals surface area contributed by atoms with Crippen molar-refractivity contribution in [2.45, 2.75) is 19.5 Å². The Kier molecular flexibility index (Phi) is 6.54. The highest BCUT2D eigenvalue weighted by atomic mass is 16.5. The van der Waals surface area contributed by atoms with E-state index < -0.39 is 0 Å². The molecular weight excluding hydrogens is 398 g/mol. The summed E-state index contributed by atoms with van der Waals surface area (Å²) in [7, 11) is 3.27. The minimum Gasteiger partial charge on any atom is -0.493 e. The van der Waals surface area contributed by atoms with Crippen LogP contribution in [0.4, 0.5) is 0 Å². The van der Waals surface area contributed by atoms with Gasteiger partial charge in [-0.1, -0.05) is 6.07 Å². The van der Waals surface area contributed by atoms with Crippen LogP contribution in [0.5, 0.6) is 11.5 Å². The Morgan fingerprint density at radius 1 is 1.16 bits per heavy atom. The molecule has 0 saturated carbocycles. The third kappa shape index (κ3) is 4.89. The standard InChI is InChI=1S/C22H25N5O4/c1-29-9-10-31-19-4-3-15(11-20(19)30-2)13-27-8-5-16-18(14-27)25-21(26-22(16)28)17-12-23-6-7-24-17/h3-4,6-7,11-12H,5,8-10,13-14H2,1-2H3,(H,25,26,28). The van der Waals surface area contributed by atoms with E-state index in [9.17, 15) is 4.79 Å². The molecule has 0 aliphatic carbocycles. The van der Waals surface area contributed by atoms with Crippen molar-refractivity contribution in [1.29, 1.82) is 0 Å². The van der Waals surface area contributed by atoms with Crippen molar-refractivity contribution in [2.75, 3.05) is 34.0 Å². The first-order chi connectivity index (χ1) is 15.2. The molecule has 1 aliphatic rings. The van der Waals surface area contributed by atoms with Crippen molar-refractivity contribution in [2.24, 2.45) is 0 Å². The fourth-order valence-electron chi connectivity index (χ4n) is 3.59. The third-order valence-corrected chi connectivity index (χ3v) is 5.14. The van der Waals surface area contributed by atoms with E-state index in [2.05, 4.69) is 24.8 Å². The van der Waals surface area contributed by atoms with E-state index in [0.717, 1.165) is 23.4 Å². The smallest absolute Gasteiger partial charge is 0.254 e. The molecule has 3 heterocycles. The molecule has 0 radical (unpaired) electrons. The van der Waals surface area contributed by atoms with Crippen LogP contribution in [0.2, 0.25) is 0 Å². The van der Waals surface area contributed by atoms with Crippen LogP contribution < -0.4 is 15.0 Å². The number of nitrogens with zero attached hydrogens (tertiary/aromatic N) is 4. The summed E-state index contributed by atoms with van der Waals surface area (Å²) in [6.07, 6.45) is 5.41. The molecule has 0 bridgehead atoms. The number of ether oxygens (including phenoxy) is 3. The number of rotatable bonds is 8. The van der Waals surface area contributed by atoms with Gasteiger partial charge in [-0.05, 0) is 24.1 Å². The Morgan fingerprint density at radius 3 is 2.84 bits per heavy atom. The van der Waals surface area contributed by atoms with Crippen LogP contribution in [0.25, 0.3) is 11.5 Å². The molecule has 9 heteroatoms. The van der Waals surface area contributed by atoms with Gasteiger partial charge in [0.1, 0.15) is 12.3 Å². The lowest BCUT2D eigenvalue weighted by Crippen LogP contribution is -2.35. The van der Waals surface area contributed by atoms with Crippen molar-refractivity contribution >= 4 is 0 Å². The Morgan fingerprint density at radius 2 is 2.06 bits per heavy atom. The number of aromatic amines is 1. The number of nitrogens with one attached hydrogen (secondary N) is 1. The summed E-state index contributed by atoms with van der Waals surface area (Å²) in [6.45, 7) is 3.05. The van der Waals surface area contributed by atoms with Gasteiger partial charge in [0.05, 0.1) is 25.6 Å². The zero-order valence-corrected chi connectivity index (χ0v) is 17.6. The van der Waals surface area contributed by atoms with Gasteiger partial charge in [0, 0.05) is 44.7 Å². The summed E-state index contributed by atoms with van der Waals surface area (Å²) in [6, 6.07) is 5.92. The number of methoxy groups -OCH3 is 2. The average Bonchev–Trinajstić information content (AvgIpc) is 2.80. The molecule has 0 atom stereocenters. The van der Waals surface area contributed by atoms with Gasteiger partial charge in [-0.15, -0.1) is 0 Å². The van der Waals surface area contributed by atoms with Gasteiger partial charge in [-0.25, -0.2) is 9.97 Å². The molecular formula is C22H25N5O4. The van der Waals surface area contributed by atoms with Crippen LogP contribution in [0, 0.1) is 0 Å². The van der Waals surface area contributed by atoms with Crippen molar-refractivity contribution in [3.63, 3.8) is 0 Å². The lowest BCUT2D eigenvalue weighted by atomic mass is 10.1. The van der Waals surface area contributed by atoms with Crippen molar-refractivity contribution in [1.82, 2.24) is 24.8 Å². The highest BCUT2D eigenvalue weighted by Gasteiger charge is 2.22. The molecule has 1 aromatic carbocycles. The summed E-state index contributed by atoms with van der Waals surface area (Å²) in [5.74, 6) is 1.82. The second kappa shape index (κ2) is 9.67. The maximum absolute atomic E-state index is 12.6. The molecule has 1 N–H and O–H groups in total. The number of benzene rings is 1. The first-order valence-electron chi connectivity index (χ1n) is 10.1. The Hall–Kier alpha value is -3.30. The lowest BCUT2D eigenvalue weighted by Gasteiger charge is -2.28. The Balaban J connectivity index is 1.50. The largest absolute Gasteiger partial charge is 0.493 e. The van der Waals surface area contributed by atoms with E-state index in [-0.39, 0.29) is 5.56 Å². The monoisotopic (exact) mass is 423 g/mol. The van der Waals surface area contributed by atoms with E-state index in [0.29, 0.717) is 55.7 Å². The van der Waals surface area contributed by atoms with Crippen molar-refractivity contribution in [3.05, 3.63) is 64.0 Å². The van der Waals surface area contributed by atoms with E-state index in [1.807, 2.05) is 18.2 Å². The van der Waals surface area contributed by atoms with Crippen molar-refractivity contribution in [3.8, 4) is 23.0 Å². The van der Waals surface area contributed by atoms with Gasteiger partial charge in [0.2, 0.25) is 0 Å². The molecule has 9 nitrogen and oxygen atoms in total. The summed E-state index contributed by atoms with van der Waals surface area (Å²) >= 11 is 0. The molecule has 1 aliphatic heterocycles. The molecule has 3 aromatic rings. The average molecular weight is 423 g/mol. The molecule has 2 aromatic heterocycles. The Labute approximate surface area is 180 Å². The van der Waals surface area contributed by atoms with Crippen molar-refractivity contribution < 1.29 is 14.2 Å². The number of hydrogen-bond donors (Lipinski definition) is 1. The quantitative estimate of drug-likeness (QED) is 0.548. The van der Waals surface area contributed by atoms with Gasteiger partial charge < -0.3 is 19.2 Å². The molecule has 0 amide bonds. The molecule has 162 valence electrons. The first kappa shape index (κ1) is 21.0. The summed E-state index contributed by atoms with van der Waals surface area (Å²) in [5, 5.41) is 0. The summed E-state index contributed by atoms with van der Waals surface area (Å²) < 4.78 is 16.2. The van der Waals surface area contributed by atoms with E-state index >= 15 is 0 Å². The van der Waals surface area contributed by atoms with Gasteiger partial charge in [0.15, 0.2) is 17.3 Å². The molecule has 31 heavy (non-hydrogen) atoms. The Bertz CT molecular complexity index is 1090. The van der Waals surface area contributed by atoms with Crippen LogP contribution in [0.15, 0.2) is 41.6 Å². The zero-order valence-electron chi connectivity index (χ0n) is 17.6. The second-order valence-electron chi connectivity index (χ2n) is 7.22. The zero-order chi connectivity index (χ0) is 21.6. The fourth-order valence-corrected chi connectivity index (χ4v) is 3.59. The maximum Gasteiger partial charge on any atom is 0.254 e. The molecule has 0 fully saturated rings. The minimum atomic E-state index is -0.107. The maximum atomic E-state index is 12.6. The second-order valence-corrected chi connectivity index (χ2v) is 7.22. The SMILES string of the molecule is COCCOc1ccc(CN2CCc3c(nc(-c4cnccn4)[nH]c3=O)C2)cc1OC. The number of hydrogen-bond acceptors (Lipinski definition) is 8. The normalized spacial score (nSPS) is 13.6. The molecule has 0 spiro atoms. The van der Waals surface area contributed by atoms with Gasteiger partial charge in [-0.3, -0.25) is 14.7 Å². The van der Waals surface area contributed by atoms with Crippen LogP contribution in [-0.2, 0) is 24.2 Å². The van der Waals surface area contributed by atoms with E-state index in [1.54, 1.807) is 32.8 Å². The van der Waals surface area contributed by atoms with Crippen LogP contribution in [0.3, 0.4) is 0 Å². The minimum absolute atomic E-state index is 0.107. The van der Waals surface area contributed by atoms with E-state index in [1.165, 1.54) is 0 Å². The first-order valence-corrected chi connectivity index (χ1v) is 10.1. The topological polar surface area (TPSA) is 102 Å². The fraction of sp³-hybridized carbons (Fsp3) is 0.364. The highest BCUT2D eigenvalue weighted by Crippen LogP contribution is 2.29. The van der Waals surface area contributed by atoms with Gasteiger partial charge >= 0.3 is 0 Å². The van der Waals surface area contributed by atoms with Crippen LogP contribution >= 0.6 is 0 Å². The van der Waals surface area contributed by atoms with Crippen LogP contribution in [0.1, 0.15) is 16.8 Å². The third-order valence-electron chi connectivity index (χ3n) is 5.14. The predicted octanol–water partition coefficient (Wildman–Crippen LogP) is 1.82.